The Morgan fingerprint density at radius 2 is 1.90 bits per heavy atom. The summed E-state index contributed by atoms with van der Waals surface area (Å²) in [6.45, 7) is 9.36. The molecule has 10 heavy (non-hydrogen) atoms. The molecule has 2 N–H and O–H groups in total. The molecule has 0 fully saturated rings. The number of nitrogens with zero attached hydrogens (tertiary/aromatic N) is 1. The summed E-state index contributed by atoms with van der Waals surface area (Å²) in [4.78, 5) is 4.01. The third-order valence-electron chi connectivity index (χ3n) is 0.955. The topological polar surface area (TPSA) is 38.4 Å². The molecule has 0 radical (unpaired) electrons. The highest BCUT2D eigenvalue weighted by Crippen LogP contribution is 1.97. The van der Waals surface area contributed by atoms with Crippen molar-refractivity contribution in [2.45, 2.75) is 20.8 Å². The summed E-state index contributed by atoms with van der Waals surface area (Å²) in [7, 11) is 0. The van der Waals surface area contributed by atoms with Crippen molar-refractivity contribution in [3.8, 4) is 0 Å². The van der Waals surface area contributed by atoms with Crippen LogP contribution in [0, 0.1) is 0 Å². The summed E-state index contributed by atoms with van der Waals surface area (Å²) >= 11 is 0. The van der Waals surface area contributed by atoms with Gasteiger partial charge in [-0.1, -0.05) is 6.58 Å². The van der Waals surface area contributed by atoms with Crippen LogP contribution in [0.25, 0.3) is 0 Å². The van der Waals surface area contributed by atoms with E-state index in [-0.39, 0.29) is 0 Å². The fourth-order valence-electron chi connectivity index (χ4n) is 0.309. The highest BCUT2D eigenvalue weighted by molar-refractivity contribution is 5.79. The zero-order valence-electron chi connectivity index (χ0n) is 6.81. The minimum Gasteiger partial charge on any atom is -0.397 e. The Morgan fingerprint density at radius 3 is 2.20 bits per heavy atom. The Kier molecular flexibility index (Phi) is 3.47. The molecule has 0 rings (SSSR count). The third-order valence-corrected chi connectivity index (χ3v) is 0.955. The molecular formula is C8H14N2. The van der Waals surface area contributed by atoms with Gasteiger partial charge in [0, 0.05) is 11.9 Å². The number of allylic oxidation sites excluding steroid dienone is 1. The van der Waals surface area contributed by atoms with E-state index >= 15 is 0 Å². The zero-order chi connectivity index (χ0) is 8.15. The van der Waals surface area contributed by atoms with Crippen LogP contribution in [0.2, 0.25) is 0 Å². The summed E-state index contributed by atoms with van der Waals surface area (Å²) in [6, 6.07) is 0. The molecule has 2 heteroatoms. The van der Waals surface area contributed by atoms with Crippen molar-refractivity contribution < 1.29 is 0 Å². The van der Waals surface area contributed by atoms with Gasteiger partial charge < -0.3 is 5.73 Å². The Morgan fingerprint density at radius 1 is 1.40 bits per heavy atom. The Hall–Kier alpha value is -1.05. The lowest BCUT2D eigenvalue weighted by Crippen LogP contribution is -1.96. The van der Waals surface area contributed by atoms with Crippen LogP contribution >= 0.6 is 0 Å². The molecule has 0 spiro atoms. The molecule has 56 valence electrons. The molecule has 0 aliphatic heterocycles. The third kappa shape index (κ3) is 3.89. The van der Waals surface area contributed by atoms with Crippen LogP contribution in [-0.2, 0) is 0 Å². The fourth-order valence-corrected chi connectivity index (χ4v) is 0.309. The first-order valence-corrected chi connectivity index (χ1v) is 3.16. The van der Waals surface area contributed by atoms with Crippen molar-refractivity contribution in [2.24, 2.45) is 10.7 Å². The van der Waals surface area contributed by atoms with Gasteiger partial charge in [-0.25, -0.2) is 0 Å². The highest BCUT2D eigenvalue weighted by Gasteiger charge is 1.86. The molecule has 2 nitrogen and oxygen atoms in total. The highest BCUT2D eigenvalue weighted by atomic mass is 14.7. The number of rotatable bonds is 2. The molecule has 0 aromatic carbocycles. The molecule has 0 atom stereocenters. The van der Waals surface area contributed by atoms with Gasteiger partial charge in [0.1, 0.15) is 0 Å². The van der Waals surface area contributed by atoms with Gasteiger partial charge >= 0.3 is 0 Å². The molecule has 0 amide bonds. The van der Waals surface area contributed by atoms with Crippen molar-refractivity contribution in [1.29, 1.82) is 0 Å². The monoisotopic (exact) mass is 138 g/mol. The summed E-state index contributed by atoms with van der Waals surface area (Å²) < 4.78 is 0. The first-order chi connectivity index (χ1) is 4.54. The van der Waals surface area contributed by atoms with Crippen LogP contribution in [0.3, 0.4) is 0 Å². The molecule has 0 aromatic rings. The summed E-state index contributed by atoms with van der Waals surface area (Å²) in [5.41, 5.74) is 8.00. The Labute approximate surface area is 62.1 Å². The maximum absolute atomic E-state index is 5.52. The fraction of sp³-hybridized carbons (Fsp3) is 0.375. The Balaban J connectivity index is 4.19. The van der Waals surface area contributed by atoms with Crippen LogP contribution in [0.4, 0.5) is 0 Å². The second-order valence-electron chi connectivity index (χ2n) is 2.44. The summed E-state index contributed by atoms with van der Waals surface area (Å²) in [5.74, 6) is 0. The zero-order valence-corrected chi connectivity index (χ0v) is 6.81. The predicted octanol–water partition coefficient (Wildman–Crippen LogP) is 1.84. The van der Waals surface area contributed by atoms with Crippen LogP contribution < -0.4 is 5.73 Å². The van der Waals surface area contributed by atoms with Crippen molar-refractivity contribution in [3.63, 3.8) is 0 Å². The van der Waals surface area contributed by atoms with Crippen LogP contribution in [0.5, 0.6) is 0 Å². The van der Waals surface area contributed by atoms with Crippen molar-refractivity contribution in [3.05, 3.63) is 24.0 Å². The number of hydrogen-bond donors (Lipinski definition) is 1. The molecule has 0 bridgehead atoms. The van der Waals surface area contributed by atoms with Gasteiger partial charge in [-0.05, 0) is 26.3 Å². The van der Waals surface area contributed by atoms with E-state index in [4.69, 9.17) is 5.73 Å². The largest absolute Gasteiger partial charge is 0.397 e. The lowest BCUT2D eigenvalue weighted by Gasteiger charge is -1.94. The van der Waals surface area contributed by atoms with Gasteiger partial charge in [-0.2, -0.15) is 0 Å². The van der Waals surface area contributed by atoms with E-state index < -0.39 is 0 Å². The number of hydrogen-bond acceptors (Lipinski definition) is 2. The van der Waals surface area contributed by atoms with E-state index in [1.807, 2.05) is 20.8 Å². The van der Waals surface area contributed by atoms with Gasteiger partial charge in [0.2, 0.25) is 0 Å². The minimum absolute atomic E-state index is 0.640. The first-order valence-electron chi connectivity index (χ1n) is 3.16. The molecule has 0 aliphatic carbocycles. The maximum atomic E-state index is 5.52. The second kappa shape index (κ2) is 3.88. The average Bonchev–Trinajstić information content (AvgIpc) is 1.82. The summed E-state index contributed by atoms with van der Waals surface area (Å²) in [5, 5.41) is 0. The van der Waals surface area contributed by atoms with Gasteiger partial charge in [-0.3, -0.25) is 4.99 Å². The molecule has 0 aromatic heterocycles. The first kappa shape index (κ1) is 8.95. The van der Waals surface area contributed by atoms with E-state index in [1.54, 1.807) is 6.20 Å². The van der Waals surface area contributed by atoms with Crippen LogP contribution in [0.15, 0.2) is 29.0 Å². The normalized spacial score (nSPS) is 10.9. The quantitative estimate of drug-likeness (QED) is 0.459. The lowest BCUT2D eigenvalue weighted by molar-refractivity contribution is 1.27. The Bertz CT molecular complexity index is 183. The smallest absolute Gasteiger partial charge is 0.0523 e. The average molecular weight is 138 g/mol. The van der Waals surface area contributed by atoms with Gasteiger partial charge in [0.05, 0.1) is 5.70 Å². The summed E-state index contributed by atoms with van der Waals surface area (Å²) in [6.07, 6.45) is 1.62. The van der Waals surface area contributed by atoms with E-state index in [0.29, 0.717) is 5.70 Å². The molecule has 0 aliphatic rings. The molecule has 0 heterocycles. The van der Waals surface area contributed by atoms with Gasteiger partial charge in [-0.15, -0.1) is 0 Å². The van der Waals surface area contributed by atoms with E-state index in [1.165, 1.54) is 0 Å². The van der Waals surface area contributed by atoms with Crippen molar-refractivity contribution in [2.75, 3.05) is 0 Å². The second-order valence-corrected chi connectivity index (χ2v) is 2.44. The number of nitrogens with two attached hydrogens (primary N) is 1. The standard InChI is InChI=1S/C8H14N2/c1-6(2)8(9)5-10-7(3)4/h5H,1,9H2,2-4H3/b8-5+. The molecular weight excluding hydrogens is 124 g/mol. The molecule has 0 saturated carbocycles. The SMILES string of the molecule is C=C(C)/C(N)=C\N=C(C)C. The maximum Gasteiger partial charge on any atom is 0.0523 e. The van der Waals surface area contributed by atoms with Crippen LogP contribution in [-0.4, -0.2) is 5.71 Å². The lowest BCUT2D eigenvalue weighted by atomic mass is 10.3. The number of aliphatic imine (C=N–C) groups is 1. The molecule has 0 unspecified atom stereocenters. The van der Waals surface area contributed by atoms with Gasteiger partial charge in [0.15, 0.2) is 0 Å². The van der Waals surface area contributed by atoms with E-state index in [0.717, 1.165) is 11.3 Å². The minimum atomic E-state index is 0.640. The van der Waals surface area contributed by atoms with E-state index in [2.05, 4.69) is 11.6 Å². The molecule has 0 saturated heterocycles. The van der Waals surface area contributed by atoms with Crippen LogP contribution in [0.1, 0.15) is 20.8 Å². The van der Waals surface area contributed by atoms with Crippen molar-refractivity contribution in [1.82, 2.24) is 0 Å². The predicted molar refractivity (Wildman–Crippen MR) is 45.9 cm³/mol. The van der Waals surface area contributed by atoms with Crippen molar-refractivity contribution >= 4 is 5.71 Å². The van der Waals surface area contributed by atoms with Gasteiger partial charge in [0.25, 0.3) is 0 Å². The van der Waals surface area contributed by atoms with E-state index in [9.17, 15) is 0 Å².